The number of nitrogens with zero attached hydrogens (tertiary/aromatic N) is 3. The van der Waals surface area contributed by atoms with Crippen molar-refractivity contribution in [2.45, 2.75) is 38.1 Å². The molecule has 1 aromatic carbocycles. The Labute approximate surface area is 174 Å². The van der Waals surface area contributed by atoms with Crippen molar-refractivity contribution >= 4 is 29.5 Å². The molecule has 4 amide bonds. The molecule has 0 bridgehead atoms. The lowest BCUT2D eigenvalue weighted by molar-refractivity contribution is -0.151. The van der Waals surface area contributed by atoms with Crippen LogP contribution in [0.2, 0.25) is 0 Å². The lowest BCUT2D eigenvalue weighted by atomic mass is 9.73. The molecule has 1 saturated carbocycles. The molecule has 1 saturated heterocycles. The smallest absolute Gasteiger partial charge is 0.326 e. The minimum atomic E-state index is -0.956. The van der Waals surface area contributed by atoms with Gasteiger partial charge in [-0.3, -0.25) is 24.2 Å². The van der Waals surface area contributed by atoms with Crippen LogP contribution in [0.15, 0.2) is 30.3 Å². The molecule has 158 valence electrons. The lowest BCUT2D eigenvalue weighted by Crippen LogP contribution is -2.54. The van der Waals surface area contributed by atoms with Gasteiger partial charge < -0.3 is 10.1 Å². The van der Waals surface area contributed by atoms with E-state index < -0.39 is 42.5 Å². The molecule has 3 rings (SSSR count). The highest BCUT2D eigenvalue weighted by Gasteiger charge is 2.55. The van der Waals surface area contributed by atoms with Gasteiger partial charge in [0.25, 0.3) is 11.8 Å². The Morgan fingerprint density at radius 2 is 2.03 bits per heavy atom. The summed E-state index contributed by atoms with van der Waals surface area (Å²) in [5, 5.41) is 11.7. The summed E-state index contributed by atoms with van der Waals surface area (Å²) in [5.74, 6) is -1.88. The van der Waals surface area contributed by atoms with Crippen LogP contribution in [0.1, 0.15) is 32.6 Å². The van der Waals surface area contributed by atoms with Crippen LogP contribution in [0.5, 0.6) is 0 Å². The van der Waals surface area contributed by atoms with Crippen LogP contribution < -0.4 is 10.2 Å². The highest BCUT2D eigenvalue weighted by Crippen LogP contribution is 2.38. The quantitative estimate of drug-likeness (QED) is 0.430. The Kier molecular flexibility index (Phi) is 6.35. The molecule has 1 N–H and O–H groups in total. The van der Waals surface area contributed by atoms with Crippen molar-refractivity contribution in [2.75, 3.05) is 24.6 Å². The van der Waals surface area contributed by atoms with Crippen molar-refractivity contribution in [3.8, 4) is 6.07 Å². The minimum absolute atomic E-state index is 0.0179. The number of esters is 1. The van der Waals surface area contributed by atoms with E-state index in [4.69, 9.17) is 10.00 Å². The third kappa shape index (κ3) is 4.13. The SMILES string of the molecule is C[C@H]1CCCC[C@]12NC(=O)N(CC(=O)OCC(=O)N(CC#N)c1ccccc1)C2=O. The Morgan fingerprint density at radius 3 is 2.70 bits per heavy atom. The highest BCUT2D eigenvalue weighted by atomic mass is 16.5. The summed E-state index contributed by atoms with van der Waals surface area (Å²) in [6, 6.07) is 9.82. The second kappa shape index (κ2) is 8.95. The Hall–Kier alpha value is -3.41. The number of rotatable bonds is 6. The van der Waals surface area contributed by atoms with Crippen molar-refractivity contribution in [2.24, 2.45) is 5.92 Å². The summed E-state index contributed by atoms with van der Waals surface area (Å²) >= 11 is 0. The average molecular weight is 412 g/mol. The van der Waals surface area contributed by atoms with Crippen LogP contribution in [-0.2, 0) is 19.1 Å². The van der Waals surface area contributed by atoms with Crippen molar-refractivity contribution < 1.29 is 23.9 Å². The number of hydrogen-bond acceptors (Lipinski definition) is 6. The van der Waals surface area contributed by atoms with E-state index in [1.165, 1.54) is 4.90 Å². The van der Waals surface area contributed by atoms with Gasteiger partial charge in [0.1, 0.15) is 18.6 Å². The van der Waals surface area contributed by atoms with E-state index >= 15 is 0 Å². The average Bonchev–Trinajstić information content (AvgIpc) is 2.98. The molecule has 2 fully saturated rings. The zero-order chi connectivity index (χ0) is 21.7. The molecule has 9 nitrogen and oxygen atoms in total. The topological polar surface area (TPSA) is 120 Å². The Bertz CT molecular complexity index is 881. The Balaban J connectivity index is 1.59. The van der Waals surface area contributed by atoms with Gasteiger partial charge in [0.2, 0.25) is 0 Å². The Morgan fingerprint density at radius 1 is 1.30 bits per heavy atom. The third-order valence-electron chi connectivity index (χ3n) is 5.74. The first-order valence-corrected chi connectivity index (χ1v) is 9.91. The number of nitrogens with one attached hydrogen (secondary N) is 1. The van der Waals surface area contributed by atoms with Crippen molar-refractivity contribution in [3.63, 3.8) is 0 Å². The molecule has 2 atom stereocenters. The molecular weight excluding hydrogens is 388 g/mol. The van der Waals surface area contributed by atoms with Gasteiger partial charge in [-0.05, 0) is 30.9 Å². The number of urea groups is 1. The number of ether oxygens (including phenoxy) is 1. The van der Waals surface area contributed by atoms with Crippen molar-refractivity contribution in [3.05, 3.63) is 30.3 Å². The molecule has 1 aromatic rings. The summed E-state index contributed by atoms with van der Waals surface area (Å²) in [4.78, 5) is 51.9. The maximum Gasteiger partial charge on any atom is 0.326 e. The van der Waals surface area contributed by atoms with Crippen LogP contribution in [0.3, 0.4) is 0 Å². The van der Waals surface area contributed by atoms with Crippen LogP contribution in [-0.4, -0.2) is 54.0 Å². The normalized spacial score (nSPS) is 23.1. The van der Waals surface area contributed by atoms with E-state index in [0.717, 1.165) is 24.2 Å². The largest absolute Gasteiger partial charge is 0.454 e. The van der Waals surface area contributed by atoms with Gasteiger partial charge in [-0.2, -0.15) is 5.26 Å². The van der Waals surface area contributed by atoms with Crippen molar-refractivity contribution in [1.29, 1.82) is 5.26 Å². The van der Waals surface area contributed by atoms with Gasteiger partial charge in [-0.15, -0.1) is 0 Å². The molecule has 30 heavy (non-hydrogen) atoms. The van der Waals surface area contributed by atoms with Crippen LogP contribution in [0.4, 0.5) is 10.5 Å². The molecule has 1 heterocycles. The number of imide groups is 1. The second-order valence-corrected chi connectivity index (χ2v) is 7.57. The van der Waals surface area contributed by atoms with E-state index in [0.29, 0.717) is 12.1 Å². The van der Waals surface area contributed by atoms with E-state index in [1.54, 1.807) is 30.3 Å². The molecule has 0 aromatic heterocycles. The first kappa shape index (κ1) is 21.3. The molecule has 1 aliphatic carbocycles. The summed E-state index contributed by atoms with van der Waals surface area (Å²) in [6.07, 6.45) is 3.20. The van der Waals surface area contributed by atoms with Gasteiger partial charge in [0, 0.05) is 5.69 Å². The molecule has 9 heteroatoms. The number of carbonyl (C=O) groups excluding carboxylic acids is 4. The molecule has 2 aliphatic rings. The van der Waals surface area contributed by atoms with E-state index in [9.17, 15) is 19.2 Å². The standard InChI is InChI=1S/C21H24N4O5/c1-15-7-5-6-10-21(15)19(28)25(20(29)23-21)13-18(27)30-14-17(26)24(12-11-22)16-8-3-2-4-9-16/h2-4,8-9,15H,5-7,10,12-14H2,1H3,(H,23,29)/t15-,21-/m0/s1. The maximum absolute atomic E-state index is 12.9. The predicted molar refractivity (Wildman–Crippen MR) is 106 cm³/mol. The first-order valence-electron chi connectivity index (χ1n) is 9.91. The fourth-order valence-electron chi connectivity index (χ4n) is 4.04. The van der Waals surface area contributed by atoms with E-state index in [2.05, 4.69) is 5.32 Å². The molecule has 1 spiro atoms. The zero-order valence-electron chi connectivity index (χ0n) is 16.8. The van der Waals surface area contributed by atoms with Crippen LogP contribution in [0.25, 0.3) is 0 Å². The predicted octanol–water partition coefficient (Wildman–Crippen LogP) is 1.59. The van der Waals surface area contributed by atoms with Crippen molar-refractivity contribution in [1.82, 2.24) is 10.2 Å². The lowest BCUT2D eigenvalue weighted by Gasteiger charge is -2.36. The van der Waals surface area contributed by atoms with Gasteiger partial charge in [0.05, 0.1) is 6.07 Å². The number of benzene rings is 1. The third-order valence-corrected chi connectivity index (χ3v) is 5.74. The molecule has 1 aliphatic heterocycles. The summed E-state index contributed by atoms with van der Waals surface area (Å²) in [5.41, 5.74) is -0.454. The molecule has 0 radical (unpaired) electrons. The fourth-order valence-corrected chi connectivity index (χ4v) is 4.04. The fraction of sp³-hybridized carbons (Fsp3) is 0.476. The first-order chi connectivity index (χ1) is 14.4. The summed E-state index contributed by atoms with van der Waals surface area (Å²) in [7, 11) is 0. The van der Waals surface area contributed by atoms with Crippen LogP contribution >= 0.6 is 0 Å². The summed E-state index contributed by atoms with van der Waals surface area (Å²) < 4.78 is 5.00. The molecular formula is C21H24N4O5. The number of nitriles is 1. The van der Waals surface area contributed by atoms with Gasteiger partial charge >= 0.3 is 12.0 Å². The zero-order valence-corrected chi connectivity index (χ0v) is 16.8. The minimum Gasteiger partial charge on any atom is -0.454 e. The number of para-hydroxylation sites is 1. The van der Waals surface area contributed by atoms with Gasteiger partial charge in [0.15, 0.2) is 6.61 Å². The monoisotopic (exact) mass is 412 g/mol. The van der Waals surface area contributed by atoms with E-state index in [-0.39, 0.29) is 12.5 Å². The van der Waals surface area contributed by atoms with Crippen LogP contribution in [0, 0.1) is 17.2 Å². The summed E-state index contributed by atoms with van der Waals surface area (Å²) in [6.45, 7) is 0.565. The maximum atomic E-state index is 12.9. The number of anilines is 1. The second-order valence-electron chi connectivity index (χ2n) is 7.57. The number of carbonyl (C=O) groups is 4. The molecule has 0 unspecified atom stereocenters. The number of amides is 4. The highest BCUT2D eigenvalue weighted by molar-refractivity contribution is 6.09. The van der Waals surface area contributed by atoms with E-state index in [1.807, 2.05) is 13.0 Å². The van der Waals surface area contributed by atoms with Gasteiger partial charge in [-0.25, -0.2) is 4.79 Å². The number of hydrogen-bond donors (Lipinski definition) is 1. The van der Waals surface area contributed by atoms with Gasteiger partial charge in [-0.1, -0.05) is 38.0 Å².